The fraction of sp³-hybridized carbons (Fsp3) is 0.636. The van der Waals surface area contributed by atoms with E-state index in [1.807, 2.05) is 32.7 Å². The lowest BCUT2D eigenvalue weighted by Gasteiger charge is -2.55. The number of anilines is 1. The van der Waals surface area contributed by atoms with Crippen LogP contribution in [-0.2, 0) is 0 Å². The summed E-state index contributed by atoms with van der Waals surface area (Å²) < 4.78 is 20.5. The second-order valence-electron chi connectivity index (χ2n) is 13.8. The van der Waals surface area contributed by atoms with Crippen molar-refractivity contribution in [3.8, 4) is 11.5 Å². The van der Waals surface area contributed by atoms with E-state index >= 15 is 0 Å². The van der Waals surface area contributed by atoms with E-state index in [4.69, 9.17) is 4.74 Å². The minimum atomic E-state index is -0.483. The van der Waals surface area contributed by atoms with Crippen molar-refractivity contribution < 1.29 is 18.7 Å². The number of ether oxygens (including phenoxy) is 1. The summed E-state index contributed by atoms with van der Waals surface area (Å²) >= 11 is 0. The molecule has 10 nitrogen and oxygen atoms in total. The number of piperidine rings is 1. The highest BCUT2D eigenvalue weighted by Crippen LogP contribution is 2.45. The summed E-state index contributed by atoms with van der Waals surface area (Å²) in [6.07, 6.45) is 9.95. The van der Waals surface area contributed by atoms with Crippen LogP contribution in [0.15, 0.2) is 30.7 Å². The molecule has 2 aromatic rings. The lowest BCUT2D eigenvalue weighted by molar-refractivity contribution is 0.0584. The number of hydrogen-bond donors (Lipinski definition) is 1. The molecule has 44 heavy (non-hydrogen) atoms. The van der Waals surface area contributed by atoms with E-state index in [1.54, 1.807) is 11.1 Å². The zero-order valence-corrected chi connectivity index (χ0v) is 26.5. The molecule has 4 heterocycles. The second-order valence-corrected chi connectivity index (χ2v) is 13.8. The number of carbonyl (C=O) groups is 2. The lowest BCUT2D eigenvalue weighted by Crippen LogP contribution is -2.61. The van der Waals surface area contributed by atoms with Crippen LogP contribution in [-0.4, -0.2) is 101 Å². The number of likely N-dealkylation sites (N-methyl/N-ethyl adjacent to an activating group) is 1. The second kappa shape index (κ2) is 12.1. The Kier molecular flexibility index (Phi) is 8.43. The number of hydrogen-bond acceptors (Lipinski definition) is 7. The van der Waals surface area contributed by atoms with Crippen molar-refractivity contribution in [2.75, 3.05) is 57.8 Å². The Hall–Kier alpha value is -3.47. The summed E-state index contributed by atoms with van der Waals surface area (Å²) in [5.74, 6) is 1.41. The number of nitrogens with one attached hydrogen (secondary N) is 1. The summed E-state index contributed by atoms with van der Waals surface area (Å²) in [5.41, 5.74) is 0.450. The van der Waals surface area contributed by atoms with Crippen LogP contribution in [0.2, 0.25) is 0 Å². The number of amides is 3. The molecule has 3 amide bonds. The Bertz CT molecular complexity index is 1360. The smallest absolute Gasteiger partial charge is 0.317 e. The molecule has 4 aliphatic rings. The number of carbonyl (C=O) groups excluding carboxylic acids is 2. The minimum Gasteiger partial charge on any atom is -0.451 e. The molecule has 11 heteroatoms. The van der Waals surface area contributed by atoms with Gasteiger partial charge in [-0.1, -0.05) is 0 Å². The molecular weight excluding hydrogens is 561 g/mol. The first-order valence-corrected chi connectivity index (χ1v) is 16.2. The molecular formula is C33H46FN7O3. The SMILES string of the molecule is CCN(C(=O)c1cc(F)ccc1Oc1cncnc1N1CC2(CCN(CC3CCC4(CC3)CN(C)C(=O)N4)CC2)C1)C(C)C. The maximum absolute atomic E-state index is 14.3. The average Bonchev–Trinajstić information content (AvgIpc) is 3.27. The topological polar surface area (TPSA) is 94.1 Å². The Balaban J connectivity index is 1.04. The van der Waals surface area contributed by atoms with Crippen LogP contribution < -0.4 is 15.0 Å². The third-order valence-corrected chi connectivity index (χ3v) is 10.4. The number of urea groups is 1. The van der Waals surface area contributed by atoms with Gasteiger partial charge in [-0.15, -0.1) is 0 Å². The van der Waals surface area contributed by atoms with E-state index in [1.165, 1.54) is 37.4 Å². The van der Waals surface area contributed by atoms with Gasteiger partial charge in [-0.05, 0) is 96.5 Å². The minimum absolute atomic E-state index is 0.00895. The highest BCUT2D eigenvalue weighted by molar-refractivity contribution is 5.97. The first kappa shape index (κ1) is 30.6. The molecule has 0 radical (unpaired) electrons. The molecule has 0 bridgehead atoms. The van der Waals surface area contributed by atoms with Gasteiger partial charge in [-0.2, -0.15) is 0 Å². The first-order chi connectivity index (χ1) is 21.1. The van der Waals surface area contributed by atoms with Gasteiger partial charge < -0.3 is 29.7 Å². The van der Waals surface area contributed by atoms with E-state index < -0.39 is 5.82 Å². The van der Waals surface area contributed by atoms with Gasteiger partial charge in [0, 0.05) is 51.2 Å². The van der Waals surface area contributed by atoms with Crippen LogP contribution >= 0.6 is 0 Å². The van der Waals surface area contributed by atoms with E-state index in [9.17, 15) is 14.0 Å². The van der Waals surface area contributed by atoms with Gasteiger partial charge >= 0.3 is 6.03 Å². The molecule has 0 unspecified atom stereocenters. The van der Waals surface area contributed by atoms with E-state index in [0.29, 0.717) is 29.8 Å². The molecule has 1 aliphatic carbocycles. The quantitative estimate of drug-likeness (QED) is 0.462. The molecule has 0 atom stereocenters. The summed E-state index contributed by atoms with van der Waals surface area (Å²) in [7, 11) is 1.89. The number of likely N-dealkylation sites (tertiary alicyclic amines) is 1. The van der Waals surface area contributed by atoms with E-state index in [-0.39, 0.29) is 34.5 Å². The van der Waals surface area contributed by atoms with Crippen molar-refractivity contribution in [3.05, 3.63) is 42.1 Å². The molecule has 238 valence electrons. The Morgan fingerprint density at radius 2 is 1.86 bits per heavy atom. The number of nitrogens with zero attached hydrogens (tertiary/aromatic N) is 6. The van der Waals surface area contributed by atoms with Gasteiger partial charge in [0.2, 0.25) is 0 Å². The van der Waals surface area contributed by atoms with Crippen LogP contribution in [0.3, 0.4) is 0 Å². The van der Waals surface area contributed by atoms with Crippen LogP contribution in [0, 0.1) is 17.2 Å². The Morgan fingerprint density at radius 3 is 2.50 bits per heavy atom. The maximum Gasteiger partial charge on any atom is 0.317 e. The first-order valence-electron chi connectivity index (χ1n) is 16.2. The third kappa shape index (κ3) is 6.07. The molecule has 3 aliphatic heterocycles. The van der Waals surface area contributed by atoms with Gasteiger partial charge in [0.25, 0.3) is 5.91 Å². The predicted octanol–water partition coefficient (Wildman–Crippen LogP) is 4.76. The number of rotatable bonds is 8. The fourth-order valence-corrected chi connectivity index (χ4v) is 7.78. The molecule has 1 saturated carbocycles. The summed E-state index contributed by atoms with van der Waals surface area (Å²) in [5, 5.41) is 3.24. The van der Waals surface area contributed by atoms with Crippen molar-refractivity contribution in [1.82, 2.24) is 30.0 Å². The standard InChI is InChI=1S/C33H46FN7O3/c1-5-41(23(2)3)30(42)26-16-25(34)6-7-27(26)44-28-17-35-22-36-29(28)40-19-32(20-40)12-14-39(15-13-32)18-24-8-10-33(11-9-24)21-38(4)31(43)37-33/h6-7,16-17,22-24H,5,8-15,18-21H2,1-4H3,(H,37,43). The van der Waals surface area contributed by atoms with Gasteiger partial charge in [0.1, 0.15) is 17.9 Å². The van der Waals surface area contributed by atoms with Crippen molar-refractivity contribution in [3.63, 3.8) is 0 Å². The van der Waals surface area contributed by atoms with Crippen LogP contribution in [0.1, 0.15) is 69.7 Å². The van der Waals surface area contributed by atoms with E-state index in [0.717, 1.165) is 65.0 Å². The zero-order valence-electron chi connectivity index (χ0n) is 26.5. The Morgan fingerprint density at radius 1 is 1.14 bits per heavy atom. The van der Waals surface area contributed by atoms with Crippen molar-refractivity contribution in [2.45, 2.75) is 70.9 Å². The summed E-state index contributed by atoms with van der Waals surface area (Å²) in [6, 6.07) is 4.11. The number of benzene rings is 1. The van der Waals surface area contributed by atoms with Gasteiger partial charge in [-0.25, -0.2) is 19.2 Å². The largest absolute Gasteiger partial charge is 0.451 e. The Labute approximate surface area is 259 Å². The molecule has 2 spiro atoms. The molecule has 6 rings (SSSR count). The third-order valence-electron chi connectivity index (χ3n) is 10.4. The van der Waals surface area contributed by atoms with Crippen molar-refractivity contribution in [1.29, 1.82) is 0 Å². The monoisotopic (exact) mass is 607 g/mol. The van der Waals surface area contributed by atoms with Gasteiger partial charge in [0.15, 0.2) is 11.6 Å². The highest BCUT2D eigenvalue weighted by atomic mass is 19.1. The molecule has 4 fully saturated rings. The average molecular weight is 608 g/mol. The predicted molar refractivity (Wildman–Crippen MR) is 167 cm³/mol. The molecule has 1 N–H and O–H groups in total. The zero-order chi connectivity index (χ0) is 31.1. The molecule has 1 aromatic heterocycles. The van der Waals surface area contributed by atoms with Gasteiger partial charge in [0.05, 0.1) is 17.3 Å². The van der Waals surface area contributed by atoms with Crippen molar-refractivity contribution in [2.24, 2.45) is 11.3 Å². The fourth-order valence-electron chi connectivity index (χ4n) is 7.78. The van der Waals surface area contributed by atoms with Crippen molar-refractivity contribution >= 4 is 17.8 Å². The van der Waals surface area contributed by atoms with Crippen LogP contribution in [0.25, 0.3) is 0 Å². The van der Waals surface area contributed by atoms with Crippen LogP contribution in [0.4, 0.5) is 15.0 Å². The number of halogens is 1. The number of aromatic nitrogens is 2. The molecule has 3 saturated heterocycles. The van der Waals surface area contributed by atoms with E-state index in [2.05, 4.69) is 25.1 Å². The normalized spacial score (nSPS) is 25.0. The van der Waals surface area contributed by atoms with Gasteiger partial charge in [-0.3, -0.25) is 4.79 Å². The van der Waals surface area contributed by atoms with Crippen LogP contribution in [0.5, 0.6) is 11.5 Å². The maximum atomic E-state index is 14.3. The highest BCUT2D eigenvalue weighted by Gasteiger charge is 2.47. The summed E-state index contributed by atoms with van der Waals surface area (Å²) in [6.45, 7) is 12.3. The lowest BCUT2D eigenvalue weighted by atomic mass is 9.71. The summed E-state index contributed by atoms with van der Waals surface area (Å²) in [4.78, 5) is 42.5. The molecule has 1 aromatic carbocycles.